The first-order chi connectivity index (χ1) is 12.5. The molecule has 0 radical (unpaired) electrons. The maximum absolute atomic E-state index is 12.6. The number of carbonyl (C=O) groups excluding carboxylic acids is 3. The molecule has 0 aliphatic carbocycles. The summed E-state index contributed by atoms with van der Waals surface area (Å²) in [6.07, 6.45) is 0.759. The number of H-pyrrole nitrogens is 1. The predicted molar refractivity (Wildman–Crippen MR) is 101 cm³/mol. The number of aromatic nitrogens is 1. The summed E-state index contributed by atoms with van der Waals surface area (Å²) < 4.78 is 5.23. The second-order valence-electron chi connectivity index (χ2n) is 6.08. The molecule has 2 heterocycles. The SMILES string of the molecule is Cc1ccc(C(=O)CCC(=O)OC(C)C(=O)c2c[nH]c3ccccc23)s1. The summed E-state index contributed by atoms with van der Waals surface area (Å²) in [6, 6.07) is 11.1. The number of hydrogen-bond acceptors (Lipinski definition) is 5. The Morgan fingerprint density at radius 2 is 1.88 bits per heavy atom. The zero-order valence-electron chi connectivity index (χ0n) is 14.6. The molecule has 0 aliphatic heterocycles. The van der Waals surface area contributed by atoms with Crippen LogP contribution in [0, 0.1) is 6.92 Å². The standard InChI is InChI=1S/C20H19NO4S/c1-12-7-9-18(26-12)17(22)8-10-19(23)25-13(2)20(24)15-11-21-16-6-4-3-5-14(15)16/h3-7,9,11,13,21H,8,10H2,1-2H3. The van der Waals surface area contributed by atoms with Gasteiger partial charge in [0.25, 0.3) is 0 Å². The number of benzene rings is 1. The van der Waals surface area contributed by atoms with Crippen LogP contribution in [-0.2, 0) is 9.53 Å². The monoisotopic (exact) mass is 369 g/mol. The van der Waals surface area contributed by atoms with Crippen LogP contribution in [-0.4, -0.2) is 28.6 Å². The predicted octanol–water partition coefficient (Wildman–Crippen LogP) is 4.32. The van der Waals surface area contributed by atoms with Gasteiger partial charge < -0.3 is 9.72 Å². The van der Waals surface area contributed by atoms with E-state index in [1.54, 1.807) is 19.2 Å². The Labute approximate surface area is 155 Å². The van der Waals surface area contributed by atoms with E-state index in [-0.39, 0.29) is 24.4 Å². The van der Waals surface area contributed by atoms with Crippen molar-refractivity contribution in [3.8, 4) is 0 Å². The molecule has 0 saturated carbocycles. The molecule has 1 aromatic carbocycles. The van der Waals surface area contributed by atoms with Gasteiger partial charge >= 0.3 is 5.97 Å². The maximum Gasteiger partial charge on any atom is 0.306 e. The Morgan fingerprint density at radius 3 is 2.62 bits per heavy atom. The average Bonchev–Trinajstić information content (AvgIpc) is 3.25. The summed E-state index contributed by atoms with van der Waals surface area (Å²) in [5.74, 6) is -0.904. The van der Waals surface area contributed by atoms with Crippen LogP contribution in [0.1, 0.15) is 44.7 Å². The number of carbonyl (C=O) groups is 3. The van der Waals surface area contributed by atoms with Crippen LogP contribution in [0.2, 0.25) is 0 Å². The van der Waals surface area contributed by atoms with Gasteiger partial charge in [0.1, 0.15) is 0 Å². The third-order valence-corrected chi connectivity index (χ3v) is 5.15. The van der Waals surface area contributed by atoms with Crippen LogP contribution >= 0.6 is 11.3 Å². The highest BCUT2D eigenvalue weighted by Gasteiger charge is 2.22. The van der Waals surface area contributed by atoms with Crippen LogP contribution in [0.3, 0.4) is 0 Å². The second kappa shape index (κ2) is 7.66. The van der Waals surface area contributed by atoms with Gasteiger partial charge in [-0.3, -0.25) is 14.4 Å². The van der Waals surface area contributed by atoms with Gasteiger partial charge in [0.05, 0.1) is 11.3 Å². The Balaban J connectivity index is 1.57. The Kier molecular flexibility index (Phi) is 5.32. The van der Waals surface area contributed by atoms with Gasteiger partial charge in [-0.1, -0.05) is 18.2 Å². The first-order valence-electron chi connectivity index (χ1n) is 8.35. The van der Waals surface area contributed by atoms with Crippen molar-refractivity contribution in [1.82, 2.24) is 4.98 Å². The lowest BCUT2D eigenvalue weighted by Crippen LogP contribution is -2.24. The van der Waals surface area contributed by atoms with Crippen LogP contribution < -0.4 is 0 Å². The van der Waals surface area contributed by atoms with Crippen LogP contribution in [0.4, 0.5) is 0 Å². The lowest BCUT2D eigenvalue weighted by Gasteiger charge is -2.11. The van der Waals surface area contributed by atoms with E-state index in [2.05, 4.69) is 4.98 Å². The minimum atomic E-state index is -0.902. The molecule has 134 valence electrons. The fourth-order valence-corrected chi connectivity index (χ4v) is 3.56. The number of hydrogen-bond donors (Lipinski definition) is 1. The molecule has 6 heteroatoms. The van der Waals surface area contributed by atoms with Crippen molar-refractivity contribution in [3.05, 3.63) is 57.9 Å². The minimum Gasteiger partial charge on any atom is -0.454 e. The molecule has 0 fully saturated rings. The number of ether oxygens (including phenoxy) is 1. The van der Waals surface area contributed by atoms with Crippen molar-refractivity contribution in [2.24, 2.45) is 0 Å². The van der Waals surface area contributed by atoms with Crippen LogP contribution in [0.15, 0.2) is 42.6 Å². The van der Waals surface area contributed by atoms with Gasteiger partial charge in [-0.15, -0.1) is 11.3 Å². The average molecular weight is 369 g/mol. The lowest BCUT2D eigenvalue weighted by molar-refractivity contribution is -0.146. The Morgan fingerprint density at radius 1 is 1.12 bits per heavy atom. The number of nitrogens with one attached hydrogen (secondary N) is 1. The van der Waals surface area contributed by atoms with E-state index in [1.807, 2.05) is 37.3 Å². The first kappa shape index (κ1) is 18.1. The summed E-state index contributed by atoms with van der Waals surface area (Å²) in [7, 11) is 0. The van der Waals surface area contributed by atoms with Crippen molar-refractivity contribution in [3.63, 3.8) is 0 Å². The molecule has 1 N–H and O–H groups in total. The summed E-state index contributed by atoms with van der Waals surface area (Å²) in [5, 5.41) is 0.795. The number of ketones is 2. The minimum absolute atomic E-state index is 0.0404. The quantitative estimate of drug-likeness (QED) is 0.497. The van der Waals surface area contributed by atoms with E-state index in [9.17, 15) is 14.4 Å². The largest absolute Gasteiger partial charge is 0.454 e. The highest BCUT2D eigenvalue weighted by molar-refractivity contribution is 7.14. The van der Waals surface area contributed by atoms with Gasteiger partial charge in [-0.2, -0.15) is 0 Å². The number of aromatic amines is 1. The maximum atomic E-state index is 12.6. The fraction of sp³-hybridized carbons (Fsp3) is 0.250. The summed E-state index contributed by atoms with van der Waals surface area (Å²) in [4.78, 5) is 41.3. The van der Waals surface area contributed by atoms with Crippen molar-refractivity contribution in [2.45, 2.75) is 32.8 Å². The summed E-state index contributed by atoms with van der Waals surface area (Å²) in [6.45, 7) is 3.47. The molecule has 0 amide bonds. The van der Waals surface area contributed by atoms with Gasteiger partial charge in [0.2, 0.25) is 5.78 Å². The molecular weight excluding hydrogens is 350 g/mol. The van der Waals surface area contributed by atoms with E-state index in [0.29, 0.717) is 10.4 Å². The fourth-order valence-electron chi connectivity index (χ4n) is 2.73. The number of esters is 1. The number of para-hydroxylation sites is 1. The van der Waals surface area contributed by atoms with Crippen molar-refractivity contribution in [1.29, 1.82) is 0 Å². The van der Waals surface area contributed by atoms with Gasteiger partial charge in [-0.25, -0.2) is 0 Å². The molecule has 26 heavy (non-hydrogen) atoms. The molecule has 3 rings (SSSR count). The third kappa shape index (κ3) is 3.91. The van der Waals surface area contributed by atoms with Gasteiger partial charge in [0, 0.05) is 34.0 Å². The molecule has 1 unspecified atom stereocenters. The molecule has 0 saturated heterocycles. The normalized spacial score (nSPS) is 12.1. The van der Waals surface area contributed by atoms with Gasteiger partial charge in [-0.05, 0) is 32.0 Å². The highest BCUT2D eigenvalue weighted by Crippen LogP contribution is 2.21. The Bertz CT molecular complexity index is 969. The van der Waals surface area contributed by atoms with Crippen LogP contribution in [0.25, 0.3) is 10.9 Å². The molecule has 3 aromatic rings. The zero-order valence-corrected chi connectivity index (χ0v) is 15.4. The molecule has 1 atom stereocenters. The number of rotatable bonds is 7. The number of fused-ring (bicyclic) bond motifs is 1. The molecule has 0 spiro atoms. The molecule has 0 bridgehead atoms. The molecule has 2 aromatic heterocycles. The van der Waals surface area contributed by atoms with Crippen LogP contribution in [0.5, 0.6) is 0 Å². The summed E-state index contributed by atoms with van der Waals surface area (Å²) >= 11 is 1.41. The third-order valence-electron chi connectivity index (χ3n) is 4.10. The summed E-state index contributed by atoms with van der Waals surface area (Å²) in [5.41, 5.74) is 1.34. The van der Waals surface area contributed by atoms with E-state index in [1.165, 1.54) is 11.3 Å². The molecule has 0 aliphatic rings. The zero-order chi connectivity index (χ0) is 18.7. The number of aryl methyl sites for hydroxylation is 1. The smallest absolute Gasteiger partial charge is 0.306 e. The first-order valence-corrected chi connectivity index (χ1v) is 9.17. The van der Waals surface area contributed by atoms with E-state index in [4.69, 9.17) is 4.74 Å². The Hall–Kier alpha value is -2.73. The molecule has 5 nitrogen and oxygen atoms in total. The van der Waals surface area contributed by atoms with E-state index in [0.717, 1.165) is 15.8 Å². The van der Waals surface area contributed by atoms with Crippen molar-refractivity contribution >= 4 is 39.8 Å². The van der Waals surface area contributed by atoms with Gasteiger partial charge in [0.15, 0.2) is 11.9 Å². The molecular formula is C20H19NO4S. The van der Waals surface area contributed by atoms with Crippen molar-refractivity contribution in [2.75, 3.05) is 0 Å². The second-order valence-corrected chi connectivity index (χ2v) is 7.37. The highest BCUT2D eigenvalue weighted by atomic mass is 32.1. The van der Waals surface area contributed by atoms with Crippen molar-refractivity contribution < 1.29 is 19.1 Å². The van der Waals surface area contributed by atoms with E-state index < -0.39 is 12.1 Å². The number of thiophene rings is 1. The number of Topliss-reactive ketones (excluding diaryl/α,β-unsaturated/α-hetero) is 2. The lowest BCUT2D eigenvalue weighted by atomic mass is 10.1. The topological polar surface area (TPSA) is 76.2 Å². The van der Waals surface area contributed by atoms with E-state index >= 15 is 0 Å².